The molecule has 24 heavy (non-hydrogen) atoms. The Morgan fingerprint density at radius 1 is 0.958 bits per heavy atom. The first-order chi connectivity index (χ1) is 11.7. The van der Waals surface area contributed by atoms with E-state index in [1.807, 2.05) is 9.80 Å². The van der Waals surface area contributed by atoms with Crippen LogP contribution in [-0.2, 0) is 9.59 Å². The summed E-state index contributed by atoms with van der Waals surface area (Å²) in [6.45, 7) is 6.66. The highest BCUT2D eigenvalue weighted by Gasteiger charge is 2.41. The maximum atomic E-state index is 12.9. The van der Waals surface area contributed by atoms with Crippen molar-refractivity contribution in [3.05, 3.63) is 0 Å². The Kier molecular flexibility index (Phi) is 4.77. The lowest BCUT2D eigenvalue weighted by atomic mass is 10.1. The van der Waals surface area contributed by atoms with E-state index in [2.05, 4.69) is 10.2 Å². The summed E-state index contributed by atoms with van der Waals surface area (Å²) in [6, 6.07) is 0.918. The van der Waals surface area contributed by atoms with Gasteiger partial charge in [0.25, 0.3) is 0 Å². The topological polar surface area (TPSA) is 55.9 Å². The second kappa shape index (κ2) is 7.00. The Balaban J connectivity index is 1.32. The van der Waals surface area contributed by atoms with Gasteiger partial charge in [0.1, 0.15) is 0 Å². The van der Waals surface area contributed by atoms with Crippen molar-refractivity contribution >= 4 is 11.8 Å². The molecule has 4 aliphatic rings. The molecule has 134 valence electrons. The van der Waals surface area contributed by atoms with Crippen LogP contribution in [0.15, 0.2) is 0 Å². The van der Waals surface area contributed by atoms with Crippen molar-refractivity contribution in [1.82, 2.24) is 20.0 Å². The Morgan fingerprint density at radius 3 is 2.46 bits per heavy atom. The van der Waals surface area contributed by atoms with Crippen molar-refractivity contribution in [3.8, 4) is 0 Å². The second-order valence-corrected chi connectivity index (χ2v) is 7.90. The van der Waals surface area contributed by atoms with E-state index in [-0.39, 0.29) is 17.7 Å². The van der Waals surface area contributed by atoms with Gasteiger partial charge in [-0.25, -0.2) is 0 Å². The third kappa shape index (κ3) is 3.18. The van der Waals surface area contributed by atoms with Gasteiger partial charge in [0.15, 0.2) is 0 Å². The fourth-order valence-electron chi connectivity index (χ4n) is 5.01. The maximum Gasteiger partial charge on any atom is 0.228 e. The Labute approximate surface area is 144 Å². The number of amides is 2. The van der Waals surface area contributed by atoms with E-state index >= 15 is 0 Å². The smallest absolute Gasteiger partial charge is 0.228 e. The third-order valence-electron chi connectivity index (χ3n) is 6.42. The van der Waals surface area contributed by atoms with Gasteiger partial charge < -0.3 is 15.1 Å². The molecule has 0 aromatic carbocycles. The molecule has 0 aromatic rings. The van der Waals surface area contributed by atoms with Crippen LogP contribution in [-0.4, -0.2) is 84.4 Å². The monoisotopic (exact) mass is 334 g/mol. The minimum absolute atomic E-state index is 0.0973. The number of nitrogens with zero attached hydrogens (tertiary/aromatic N) is 3. The molecule has 3 aliphatic heterocycles. The summed E-state index contributed by atoms with van der Waals surface area (Å²) in [5, 5.41) is 3.39. The van der Waals surface area contributed by atoms with E-state index in [1.54, 1.807) is 0 Å². The number of rotatable bonds is 3. The number of hydrogen-bond donors (Lipinski definition) is 1. The average molecular weight is 334 g/mol. The molecule has 4 rings (SSSR count). The molecular weight excluding hydrogens is 304 g/mol. The van der Waals surface area contributed by atoms with Crippen LogP contribution in [0.25, 0.3) is 0 Å². The van der Waals surface area contributed by atoms with E-state index < -0.39 is 0 Å². The fraction of sp³-hybridized carbons (Fsp3) is 0.889. The summed E-state index contributed by atoms with van der Waals surface area (Å²) in [5.74, 6) is 0.333. The molecule has 0 radical (unpaired) electrons. The van der Waals surface area contributed by atoms with E-state index in [0.29, 0.717) is 25.0 Å². The molecule has 1 N–H and O–H groups in total. The molecule has 0 aromatic heterocycles. The van der Waals surface area contributed by atoms with E-state index in [1.165, 1.54) is 12.8 Å². The summed E-state index contributed by atoms with van der Waals surface area (Å²) in [4.78, 5) is 31.8. The molecule has 2 unspecified atom stereocenters. The minimum Gasteiger partial charge on any atom is -0.341 e. The lowest BCUT2D eigenvalue weighted by Gasteiger charge is -2.32. The molecule has 6 heteroatoms. The van der Waals surface area contributed by atoms with Crippen LogP contribution in [0.4, 0.5) is 0 Å². The molecule has 3 heterocycles. The molecular formula is C18H30N4O2. The van der Waals surface area contributed by atoms with Gasteiger partial charge in [-0.05, 0) is 19.3 Å². The summed E-state index contributed by atoms with van der Waals surface area (Å²) < 4.78 is 0. The van der Waals surface area contributed by atoms with Crippen LogP contribution >= 0.6 is 0 Å². The summed E-state index contributed by atoms with van der Waals surface area (Å²) >= 11 is 0. The zero-order valence-corrected chi connectivity index (χ0v) is 14.6. The van der Waals surface area contributed by atoms with Crippen LogP contribution < -0.4 is 5.32 Å². The molecule has 3 saturated heterocycles. The highest BCUT2D eigenvalue weighted by molar-refractivity contribution is 5.89. The van der Waals surface area contributed by atoms with Gasteiger partial charge in [-0.3, -0.25) is 14.5 Å². The number of piperazine rings is 1. The Bertz CT molecular complexity index is 485. The average Bonchev–Trinajstić information content (AvgIpc) is 3.35. The number of carbonyl (C=O) groups excluding carboxylic acids is 2. The quantitative estimate of drug-likeness (QED) is 0.806. The van der Waals surface area contributed by atoms with E-state index in [9.17, 15) is 9.59 Å². The highest BCUT2D eigenvalue weighted by Crippen LogP contribution is 2.31. The zero-order valence-electron chi connectivity index (χ0n) is 14.6. The fourth-order valence-corrected chi connectivity index (χ4v) is 5.01. The lowest BCUT2D eigenvalue weighted by molar-refractivity contribution is -0.135. The van der Waals surface area contributed by atoms with Crippen molar-refractivity contribution in [2.75, 3.05) is 45.8 Å². The molecule has 1 aliphatic carbocycles. The SMILES string of the molecule is O=C(C1CC(=O)N(C2CCCC2)C1)N1CCC(N2CCNCC2)C1. The normalized spacial score (nSPS) is 32.9. The van der Waals surface area contributed by atoms with Crippen LogP contribution in [0.5, 0.6) is 0 Å². The molecule has 4 fully saturated rings. The number of nitrogens with one attached hydrogen (secondary N) is 1. The molecule has 0 spiro atoms. The van der Waals surface area contributed by atoms with Crippen molar-refractivity contribution in [1.29, 1.82) is 0 Å². The first kappa shape index (κ1) is 16.3. The predicted octanol–water partition coefficient (Wildman–Crippen LogP) is 0.284. The molecule has 6 nitrogen and oxygen atoms in total. The molecule has 1 saturated carbocycles. The Morgan fingerprint density at radius 2 is 1.71 bits per heavy atom. The first-order valence-corrected chi connectivity index (χ1v) is 9.75. The Hall–Kier alpha value is -1.14. The van der Waals surface area contributed by atoms with Crippen LogP contribution in [0, 0.1) is 5.92 Å². The van der Waals surface area contributed by atoms with Crippen LogP contribution in [0.1, 0.15) is 38.5 Å². The summed E-state index contributed by atoms with van der Waals surface area (Å²) in [5.41, 5.74) is 0. The van der Waals surface area contributed by atoms with Gasteiger partial charge in [0.2, 0.25) is 11.8 Å². The zero-order chi connectivity index (χ0) is 16.5. The minimum atomic E-state index is -0.0973. The van der Waals surface area contributed by atoms with Gasteiger partial charge in [-0.1, -0.05) is 12.8 Å². The molecule has 2 atom stereocenters. The van der Waals surface area contributed by atoms with Gasteiger partial charge in [0, 0.05) is 64.3 Å². The van der Waals surface area contributed by atoms with Crippen LogP contribution in [0.3, 0.4) is 0 Å². The first-order valence-electron chi connectivity index (χ1n) is 9.75. The second-order valence-electron chi connectivity index (χ2n) is 7.90. The molecule has 0 bridgehead atoms. The number of carbonyl (C=O) groups is 2. The van der Waals surface area contributed by atoms with Crippen LogP contribution in [0.2, 0.25) is 0 Å². The molecule has 2 amide bonds. The standard InChI is InChI=1S/C18H30N4O2/c23-17-11-14(12-22(17)15-3-1-2-4-15)18(24)21-8-5-16(13-21)20-9-6-19-7-10-20/h14-16,19H,1-13H2. The maximum absolute atomic E-state index is 12.9. The van der Waals surface area contributed by atoms with Crippen molar-refractivity contribution in [2.24, 2.45) is 5.92 Å². The van der Waals surface area contributed by atoms with Gasteiger partial charge in [0.05, 0.1) is 5.92 Å². The number of hydrogen-bond acceptors (Lipinski definition) is 4. The van der Waals surface area contributed by atoms with E-state index in [4.69, 9.17) is 0 Å². The largest absolute Gasteiger partial charge is 0.341 e. The summed E-state index contributed by atoms with van der Waals surface area (Å²) in [6.07, 6.45) is 6.23. The van der Waals surface area contributed by atoms with Crippen molar-refractivity contribution in [3.63, 3.8) is 0 Å². The van der Waals surface area contributed by atoms with Crippen molar-refractivity contribution in [2.45, 2.75) is 50.6 Å². The third-order valence-corrected chi connectivity index (χ3v) is 6.42. The highest BCUT2D eigenvalue weighted by atomic mass is 16.2. The predicted molar refractivity (Wildman–Crippen MR) is 91.5 cm³/mol. The van der Waals surface area contributed by atoms with E-state index in [0.717, 1.165) is 58.5 Å². The lowest BCUT2D eigenvalue weighted by Crippen LogP contribution is -2.49. The van der Waals surface area contributed by atoms with Gasteiger partial charge in [-0.2, -0.15) is 0 Å². The van der Waals surface area contributed by atoms with Crippen molar-refractivity contribution < 1.29 is 9.59 Å². The van der Waals surface area contributed by atoms with Gasteiger partial charge >= 0.3 is 0 Å². The number of likely N-dealkylation sites (tertiary alicyclic amines) is 2. The summed E-state index contributed by atoms with van der Waals surface area (Å²) in [7, 11) is 0. The van der Waals surface area contributed by atoms with Gasteiger partial charge in [-0.15, -0.1) is 0 Å².